The summed E-state index contributed by atoms with van der Waals surface area (Å²) in [5.41, 5.74) is 0.940. The molecule has 0 N–H and O–H groups in total. The van der Waals surface area contributed by atoms with Crippen molar-refractivity contribution in [2.45, 2.75) is 9.79 Å². The van der Waals surface area contributed by atoms with Crippen molar-refractivity contribution in [3.05, 3.63) is 66.4 Å². The topological polar surface area (TPSA) is 64.1 Å². The van der Waals surface area contributed by atoms with E-state index in [0.717, 1.165) is 0 Å². The van der Waals surface area contributed by atoms with Gasteiger partial charge in [0, 0.05) is 17.1 Å². The van der Waals surface area contributed by atoms with Crippen LogP contribution in [0.5, 0.6) is 0 Å². The quantitative estimate of drug-likeness (QED) is 0.697. The molecule has 0 aliphatic heterocycles. The summed E-state index contributed by atoms with van der Waals surface area (Å²) >= 11 is 0. The van der Waals surface area contributed by atoms with Gasteiger partial charge in [-0.2, -0.15) is 0 Å². The molecule has 1 heterocycles. The lowest BCUT2D eigenvalue weighted by molar-refractivity contribution is 0.112. The maximum atomic E-state index is 12.5. The highest BCUT2D eigenvalue weighted by molar-refractivity contribution is 7.91. The Morgan fingerprint density at radius 2 is 1.67 bits per heavy atom. The minimum absolute atomic E-state index is 0.115. The summed E-state index contributed by atoms with van der Waals surface area (Å²) in [5.74, 6) is 0. The minimum Gasteiger partial charge on any atom is -0.298 e. The Labute approximate surface area is 122 Å². The van der Waals surface area contributed by atoms with E-state index in [0.29, 0.717) is 22.8 Å². The Morgan fingerprint density at radius 3 is 2.38 bits per heavy atom. The highest BCUT2D eigenvalue weighted by Crippen LogP contribution is 2.24. The second-order valence-corrected chi connectivity index (χ2v) is 6.47. The van der Waals surface area contributed by atoms with E-state index in [9.17, 15) is 13.2 Å². The van der Waals surface area contributed by atoms with E-state index >= 15 is 0 Å². The molecule has 104 valence electrons. The van der Waals surface area contributed by atoms with E-state index < -0.39 is 9.84 Å². The normalized spacial score (nSPS) is 11.4. The zero-order chi connectivity index (χ0) is 14.9. The minimum atomic E-state index is -3.60. The van der Waals surface area contributed by atoms with Crippen LogP contribution in [0.3, 0.4) is 0 Å². The SMILES string of the molecule is O=Cc1cccc2cc(S(=O)(=O)c3ccccc3)cnc12. The number of rotatable bonds is 3. The summed E-state index contributed by atoms with van der Waals surface area (Å²) in [7, 11) is -3.60. The molecule has 0 unspecified atom stereocenters. The summed E-state index contributed by atoms with van der Waals surface area (Å²) in [6.45, 7) is 0. The molecule has 0 aliphatic carbocycles. The fraction of sp³-hybridized carbons (Fsp3) is 0. The van der Waals surface area contributed by atoms with Crippen molar-refractivity contribution in [2.75, 3.05) is 0 Å². The molecule has 0 radical (unpaired) electrons. The number of pyridine rings is 1. The van der Waals surface area contributed by atoms with Crippen LogP contribution >= 0.6 is 0 Å². The van der Waals surface area contributed by atoms with E-state index in [1.165, 1.54) is 12.3 Å². The van der Waals surface area contributed by atoms with Gasteiger partial charge >= 0.3 is 0 Å². The molecule has 0 saturated heterocycles. The van der Waals surface area contributed by atoms with Crippen molar-refractivity contribution >= 4 is 27.0 Å². The molecule has 0 aliphatic rings. The Kier molecular flexibility index (Phi) is 3.27. The van der Waals surface area contributed by atoms with Crippen LogP contribution in [0.2, 0.25) is 0 Å². The Balaban J connectivity index is 2.21. The maximum Gasteiger partial charge on any atom is 0.208 e. The van der Waals surface area contributed by atoms with Crippen LogP contribution in [-0.4, -0.2) is 19.7 Å². The summed E-state index contributed by atoms with van der Waals surface area (Å²) in [5, 5.41) is 0.622. The first kappa shape index (κ1) is 13.5. The molecule has 0 bridgehead atoms. The van der Waals surface area contributed by atoms with E-state index in [-0.39, 0.29) is 9.79 Å². The van der Waals surface area contributed by atoms with E-state index in [1.807, 2.05) is 0 Å². The number of sulfone groups is 1. The Morgan fingerprint density at radius 1 is 0.905 bits per heavy atom. The van der Waals surface area contributed by atoms with Gasteiger partial charge in [-0.15, -0.1) is 0 Å². The van der Waals surface area contributed by atoms with Gasteiger partial charge in [-0.05, 0) is 24.3 Å². The van der Waals surface area contributed by atoms with Gasteiger partial charge in [-0.3, -0.25) is 9.78 Å². The molecule has 0 spiro atoms. The molecule has 3 rings (SSSR count). The number of fused-ring (bicyclic) bond motifs is 1. The fourth-order valence-electron chi connectivity index (χ4n) is 2.14. The summed E-state index contributed by atoms with van der Waals surface area (Å²) < 4.78 is 25.0. The van der Waals surface area contributed by atoms with Crippen molar-refractivity contribution in [1.82, 2.24) is 4.98 Å². The third kappa shape index (κ3) is 2.32. The van der Waals surface area contributed by atoms with Crippen LogP contribution in [0.1, 0.15) is 10.4 Å². The molecule has 4 nitrogen and oxygen atoms in total. The number of nitrogens with zero attached hydrogens (tertiary/aromatic N) is 1. The first-order valence-corrected chi connectivity index (χ1v) is 7.75. The summed E-state index contributed by atoms with van der Waals surface area (Å²) in [6, 6.07) is 14.8. The van der Waals surface area contributed by atoms with Crippen LogP contribution in [-0.2, 0) is 9.84 Å². The molecular formula is C16H11NO3S. The third-order valence-electron chi connectivity index (χ3n) is 3.21. The van der Waals surface area contributed by atoms with Crippen LogP contribution in [0.15, 0.2) is 70.6 Å². The van der Waals surface area contributed by atoms with Gasteiger partial charge in [0.1, 0.15) is 0 Å². The molecule has 1 aromatic heterocycles. The zero-order valence-electron chi connectivity index (χ0n) is 10.9. The number of hydrogen-bond acceptors (Lipinski definition) is 4. The number of para-hydroxylation sites is 1. The van der Waals surface area contributed by atoms with Gasteiger partial charge in [0.15, 0.2) is 6.29 Å². The standard InChI is InChI=1S/C16H11NO3S/c18-11-13-6-4-5-12-9-15(10-17-16(12)13)21(19,20)14-7-2-1-3-8-14/h1-11H. The highest BCUT2D eigenvalue weighted by Gasteiger charge is 2.18. The smallest absolute Gasteiger partial charge is 0.208 e. The van der Waals surface area contributed by atoms with Crippen LogP contribution in [0, 0.1) is 0 Å². The highest BCUT2D eigenvalue weighted by atomic mass is 32.2. The lowest BCUT2D eigenvalue weighted by Gasteiger charge is -2.06. The average Bonchev–Trinajstić information content (AvgIpc) is 2.54. The Hall–Kier alpha value is -2.53. The molecule has 2 aromatic carbocycles. The van der Waals surface area contributed by atoms with Crippen molar-refractivity contribution < 1.29 is 13.2 Å². The predicted octanol–water partition coefficient (Wildman–Crippen LogP) is 2.88. The fourth-order valence-corrected chi connectivity index (χ4v) is 3.40. The van der Waals surface area contributed by atoms with Gasteiger partial charge < -0.3 is 0 Å². The number of benzene rings is 2. The van der Waals surface area contributed by atoms with Crippen LogP contribution in [0.4, 0.5) is 0 Å². The van der Waals surface area contributed by atoms with Gasteiger partial charge in [0.25, 0.3) is 0 Å². The van der Waals surface area contributed by atoms with Crippen molar-refractivity contribution in [3.63, 3.8) is 0 Å². The Bertz CT molecular complexity index is 919. The average molecular weight is 297 g/mol. The molecule has 0 saturated carbocycles. The number of carbonyl (C=O) groups is 1. The lowest BCUT2D eigenvalue weighted by atomic mass is 10.1. The van der Waals surface area contributed by atoms with Crippen molar-refractivity contribution in [1.29, 1.82) is 0 Å². The lowest BCUT2D eigenvalue weighted by Crippen LogP contribution is -2.02. The molecule has 5 heteroatoms. The largest absolute Gasteiger partial charge is 0.298 e. The number of hydrogen-bond donors (Lipinski definition) is 0. The summed E-state index contributed by atoms with van der Waals surface area (Å²) in [6.07, 6.45) is 2.00. The van der Waals surface area contributed by atoms with Gasteiger partial charge in [-0.1, -0.05) is 30.3 Å². The molecule has 0 fully saturated rings. The first-order valence-electron chi connectivity index (χ1n) is 6.27. The number of aldehydes is 1. The van der Waals surface area contributed by atoms with Crippen molar-refractivity contribution in [3.8, 4) is 0 Å². The second-order valence-electron chi connectivity index (χ2n) is 4.52. The van der Waals surface area contributed by atoms with E-state index in [2.05, 4.69) is 4.98 Å². The maximum absolute atomic E-state index is 12.5. The molecule has 0 amide bonds. The van der Waals surface area contributed by atoms with Gasteiger partial charge in [0.05, 0.1) is 15.3 Å². The van der Waals surface area contributed by atoms with Crippen molar-refractivity contribution in [2.24, 2.45) is 0 Å². The van der Waals surface area contributed by atoms with Crippen LogP contribution < -0.4 is 0 Å². The second kappa shape index (κ2) is 5.10. The van der Waals surface area contributed by atoms with E-state index in [4.69, 9.17) is 0 Å². The molecule has 0 atom stereocenters. The van der Waals surface area contributed by atoms with Crippen LogP contribution in [0.25, 0.3) is 10.9 Å². The third-order valence-corrected chi connectivity index (χ3v) is 4.94. The number of carbonyl (C=O) groups excluding carboxylic acids is 1. The molecular weight excluding hydrogens is 286 g/mol. The van der Waals surface area contributed by atoms with Gasteiger partial charge in [0.2, 0.25) is 9.84 Å². The van der Waals surface area contributed by atoms with E-state index in [1.54, 1.807) is 48.5 Å². The summed E-state index contributed by atoms with van der Waals surface area (Å²) in [4.78, 5) is 15.4. The van der Waals surface area contributed by atoms with Gasteiger partial charge in [-0.25, -0.2) is 8.42 Å². The molecule has 3 aromatic rings. The number of aromatic nitrogens is 1. The predicted molar refractivity (Wildman–Crippen MR) is 79.0 cm³/mol. The molecule has 21 heavy (non-hydrogen) atoms. The zero-order valence-corrected chi connectivity index (χ0v) is 11.7. The first-order chi connectivity index (χ1) is 10.1. The monoisotopic (exact) mass is 297 g/mol.